The third-order valence-corrected chi connectivity index (χ3v) is 36.5. The molecule has 596 valence electrons. The molecule has 0 unspecified atom stereocenters. The van der Waals surface area contributed by atoms with E-state index in [9.17, 15) is 0 Å². The summed E-state index contributed by atoms with van der Waals surface area (Å²) in [6.07, 6.45) is 0. The number of nitrogens with zero attached hydrogens (tertiary/aromatic N) is 6. The lowest BCUT2D eigenvalue weighted by Gasteiger charge is -2.47. The Morgan fingerprint density at radius 2 is 0.464 bits per heavy atom. The zero-order valence-electron chi connectivity index (χ0n) is 70.9. The van der Waals surface area contributed by atoms with Crippen molar-refractivity contribution in [2.75, 3.05) is 19.6 Å². The molecule has 0 amide bonds. The molecule has 0 aliphatic carbocycles. The van der Waals surface area contributed by atoms with Crippen molar-refractivity contribution in [3.05, 3.63) is 454 Å². The van der Waals surface area contributed by atoms with Crippen LogP contribution in [0.15, 0.2) is 443 Å². The quantitative estimate of drug-likeness (QED) is 0.0799. The van der Waals surface area contributed by atoms with E-state index in [2.05, 4.69) is 513 Å². The van der Waals surface area contributed by atoms with E-state index in [1.54, 1.807) is 0 Å². The molecule has 6 nitrogen and oxygen atoms in total. The highest BCUT2D eigenvalue weighted by Crippen LogP contribution is 2.57. The Morgan fingerprint density at radius 1 is 0.192 bits per heavy atom. The van der Waals surface area contributed by atoms with Gasteiger partial charge in [-0.25, -0.2) is 0 Å². The monoisotopic (exact) mass is 1630 g/mol. The van der Waals surface area contributed by atoms with Gasteiger partial charge in [-0.15, -0.1) is 0 Å². The molecule has 3 aliphatic rings. The summed E-state index contributed by atoms with van der Waals surface area (Å²) in [7, 11) is -6.48. The summed E-state index contributed by atoms with van der Waals surface area (Å²) in [5.41, 5.74) is 26.0. The second-order valence-corrected chi connectivity index (χ2v) is 43.5. The SMILES string of the molecule is CC(C)(C)c1ccc2c(c1)c1cc(C(C)(C)C)ccc1n2-c1ccc(N2c3cc([Si](c4ccccc4)(c4ccccc4)c4ccccc4)ccc3B3c4ccc([Si](c5ccccc5)(c5ccccc5)c5ccccc5)cc4N(c4ccc(-n5c6ccccc6c6ccccc65)cc4)c4cc(N5c6ccccc6N(c6ccccc6)c6ccccc65)cc2c43)cc1. The molecule has 0 fully saturated rings. The molecule has 0 saturated carbocycles. The van der Waals surface area contributed by atoms with Gasteiger partial charge < -0.3 is 28.7 Å². The first-order valence-corrected chi connectivity index (χ1v) is 47.8. The van der Waals surface area contributed by atoms with Crippen molar-refractivity contribution in [1.82, 2.24) is 9.13 Å². The topological polar surface area (TPSA) is 22.8 Å². The summed E-state index contributed by atoms with van der Waals surface area (Å²) in [5, 5.41) is 15.4. The minimum absolute atomic E-state index is 0.0532. The van der Waals surface area contributed by atoms with Crippen molar-refractivity contribution in [2.45, 2.75) is 52.4 Å². The lowest BCUT2D eigenvalue weighted by Crippen LogP contribution is -2.75. The van der Waals surface area contributed by atoms with Crippen molar-refractivity contribution >= 4 is 193 Å². The third kappa shape index (κ3) is 11.9. The fraction of sp³-hybridized carbons (Fsp3) is 0.0690. The van der Waals surface area contributed by atoms with Gasteiger partial charge in [0.15, 0.2) is 16.1 Å². The van der Waals surface area contributed by atoms with Gasteiger partial charge in [0, 0.05) is 72.7 Å². The summed E-state index contributed by atoms with van der Waals surface area (Å²) in [4.78, 5) is 10.4. The molecule has 0 N–H and O–H groups in total. The minimum atomic E-state index is -3.25. The maximum atomic E-state index is 2.68. The van der Waals surface area contributed by atoms with E-state index in [0.717, 1.165) is 79.6 Å². The Hall–Kier alpha value is -14.7. The molecule has 125 heavy (non-hydrogen) atoms. The largest absolute Gasteiger partial charge is 0.311 e. The molecule has 0 atom stereocenters. The Bertz CT molecular complexity index is 7000. The standard InChI is InChI=1S/C116H91BN6Si2/c1-115(2,3)80-58-72-104-98(74-80)99-75-81(116(4,5)6)59-73-105(99)119(104)84-62-66-86(67-63-84)122-111-79-95(125(91-44-22-11-23-45-91,92-46-24-12-25-47-92)93-48-26-13-27-49-93)69-71-101(111)117-100-70-68-94(124(88-38-16-8-17-39-88,89-40-18-9-19-41-89)90-42-20-10-21-43-90)78-110(100)121(85-64-60-83(61-65-85)118-102-52-30-28-50-96(102)97-51-29-31-53-103(97)118)112-76-87(77-113(122)114(112)117)123-108-56-34-32-54-106(108)120(82-36-14-7-15-37-82)107-55-33-35-57-109(107)123/h7-79H,1-6H3. The van der Waals surface area contributed by atoms with Crippen molar-refractivity contribution in [3.63, 3.8) is 0 Å². The van der Waals surface area contributed by atoms with Crippen LogP contribution in [0.2, 0.25) is 0 Å². The molecule has 3 aliphatic heterocycles. The smallest absolute Gasteiger partial charge is 0.252 e. The summed E-state index contributed by atoms with van der Waals surface area (Å²) in [6, 6.07) is 170. The summed E-state index contributed by atoms with van der Waals surface area (Å²) >= 11 is 0. The molecule has 0 spiro atoms. The van der Waals surface area contributed by atoms with Crippen LogP contribution in [0, 0.1) is 0 Å². The molecule has 0 saturated heterocycles. The zero-order chi connectivity index (χ0) is 83.9. The van der Waals surface area contributed by atoms with Gasteiger partial charge in [0.05, 0.1) is 50.5 Å². The van der Waals surface area contributed by atoms with E-state index >= 15 is 0 Å². The molecule has 0 bridgehead atoms. The van der Waals surface area contributed by atoms with E-state index in [4.69, 9.17) is 0 Å². The van der Waals surface area contributed by atoms with Gasteiger partial charge in [-0.3, -0.25) is 0 Å². The van der Waals surface area contributed by atoms with Crippen molar-refractivity contribution in [3.8, 4) is 11.4 Å². The molecule has 20 aromatic rings. The number of hydrogen-bond donors (Lipinski definition) is 0. The number of anilines is 12. The highest BCUT2D eigenvalue weighted by atomic mass is 28.3. The first-order valence-electron chi connectivity index (χ1n) is 43.8. The lowest BCUT2D eigenvalue weighted by atomic mass is 9.33. The predicted molar refractivity (Wildman–Crippen MR) is 537 cm³/mol. The Morgan fingerprint density at radius 3 is 0.800 bits per heavy atom. The zero-order valence-corrected chi connectivity index (χ0v) is 72.9. The Labute approximate surface area is 733 Å². The Kier molecular flexibility index (Phi) is 17.8. The maximum Gasteiger partial charge on any atom is 0.252 e. The fourth-order valence-corrected chi connectivity index (χ4v) is 30.8. The van der Waals surface area contributed by atoms with Gasteiger partial charge >= 0.3 is 0 Å². The number of fused-ring (bicyclic) bond motifs is 12. The van der Waals surface area contributed by atoms with E-state index in [-0.39, 0.29) is 17.5 Å². The number of aromatic nitrogens is 2. The Balaban J connectivity index is 0.850. The molecule has 9 heteroatoms. The molecule has 23 rings (SSSR count). The van der Waals surface area contributed by atoms with Crippen LogP contribution >= 0.6 is 0 Å². The second kappa shape index (κ2) is 29.5. The average Bonchev–Trinajstić information content (AvgIpc) is 0.859. The van der Waals surface area contributed by atoms with Crippen LogP contribution in [0.1, 0.15) is 52.7 Å². The predicted octanol–water partition coefficient (Wildman–Crippen LogP) is 22.6. The number of rotatable bonds is 14. The number of para-hydroxylation sites is 7. The molecule has 0 radical (unpaired) electrons. The van der Waals surface area contributed by atoms with Gasteiger partial charge in [-0.05, 0) is 225 Å². The summed E-state index contributed by atoms with van der Waals surface area (Å²) < 4.78 is 4.96. The first-order chi connectivity index (χ1) is 61.3. The second-order valence-electron chi connectivity index (χ2n) is 35.9. The highest BCUT2D eigenvalue weighted by Gasteiger charge is 2.50. The third-order valence-electron chi connectivity index (χ3n) is 27.0. The molecular formula is C116H91BN6Si2. The fourth-order valence-electron chi connectivity index (χ4n) is 21.3. The van der Waals surface area contributed by atoms with Crippen molar-refractivity contribution in [1.29, 1.82) is 0 Å². The minimum Gasteiger partial charge on any atom is -0.311 e. The van der Waals surface area contributed by atoms with Crippen molar-refractivity contribution < 1.29 is 0 Å². The van der Waals surface area contributed by atoms with Crippen LogP contribution in [-0.2, 0) is 10.8 Å². The molecular weight excluding hydrogens is 1540 g/mol. The average molecular weight is 1640 g/mol. The first kappa shape index (κ1) is 75.2. The van der Waals surface area contributed by atoms with E-state index in [1.165, 1.54) is 113 Å². The maximum absolute atomic E-state index is 3.25. The van der Waals surface area contributed by atoms with E-state index in [0.29, 0.717) is 0 Å². The summed E-state index contributed by atoms with van der Waals surface area (Å²) in [6.45, 7) is 13.7. The van der Waals surface area contributed by atoms with Crippen molar-refractivity contribution in [2.24, 2.45) is 0 Å². The van der Waals surface area contributed by atoms with Crippen LogP contribution in [0.3, 0.4) is 0 Å². The van der Waals surface area contributed by atoms with Gasteiger partial charge in [0.25, 0.3) is 6.71 Å². The van der Waals surface area contributed by atoms with E-state index < -0.39 is 16.1 Å². The van der Waals surface area contributed by atoms with Crippen LogP contribution in [0.4, 0.5) is 68.2 Å². The molecule has 2 aromatic heterocycles. The van der Waals surface area contributed by atoms with Crippen LogP contribution in [0.25, 0.3) is 55.0 Å². The van der Waals surface area contributed by atoms with Crippen LogP contribution in [0.5, 0.6) is 0 Å². The summed E-state index contributed by atoms with van der Waals surface area (Å²) in [5.74, 6) is 0. The highest BCUT2D eigenvalue weighted by molar-refractivity contribution is 7.20. The van der Waals surface area contributed by atoms with Gasteiger partial charge in [0.1, 0.15) is 0 Å². The molecule has 5 heterocycles. The van der Waals surface area contributed by atoms with Crippen LogP contribution < -0.4 is 77.5 Å². The number of hydrogen-bond acceptors (Lipinski definition) is 4. The number of benzene rings is 18. The van der Waals surface area contributed by atoms with Gasteiger partial charge in [-0.2, -0.15) is 0 Å². The van der Waals surface area contributed by atoms with E-state index in [1.807, 2.05) is 0 Å². The normalized spacial score (nSPS) is 13.1. The van der Waals surface area contributed by atoms with Crippen LogP contribution in [-0.4, -0.2) is 32.0 Å². The lowest BCUT2D eigenvalue weighted by molar-refractivity contribution is 0.590. The van der Waals surface area contributed by atoms with Gasteiger partial charge in [-0.1, -0.05) is 339 Å². The van der Waals surface area contributed by atoms with Gasteiger partial charge in [0.2, 0.25) is 0 Å². The molecule has 18 aromatic carbocycles.